The third-order valence-electron chi connectivity index (χ3n) is 6.54. The lowest BCUT2D eigenvalue weighted by Crippen LogP contribution is -2.30. The molecule has 0 spiro atoms. The highest BCUT2D eigenvalue weighted by molar-refractivity contribution is 7.90. The van der Waals surface area contributed by atoms with Gasteiger partial charge in [-0.15, -0.1) is 0 Å². The van der Waals surface area contributed by atoms with E-state index in [2.05, 4.69) is 0 Å². The van der Waals surface area contributed by atoms with Crippen molar-refractivity contribution in [2.45, 2.75) is 29.2 Å². The molecule has 2 fully saturated rings. The number of carbonyl (C=O) groups is 2. The summed E-state index contributed by atoms with van der Waals surface area (Å²) >= 11 is 6.00. The van der Waals surface area contributed by atoms with E-state index in [0.29, 0.717) is 37.1 Å². The Labute approximate surface area is 209 Å². The average molecular weight is 541 g/mol. The number of fused-ring (bicyclic) bond motifs is 1. The molecule has 188 valence electrons. The van der Waals surface area contributed by atoms with Crippen LogP contribution in [0.3, 0.4) is 0 Å². The van der Waals surface area contributed by atoms with Gasteiger partial charge in [0.05, 0.1) is 15.7 Å². The van der Waals surface area contributed by atoms with Crippen molar-refractivity contribution in [2.75, 3.05) is 19.3 Å². The molecule has 0 aromatic heterocycles. The second-order valence-corrected chi connectivity index (χ2v) is 13.2. The zero-order valence-electron chi connectivity index (χ0n) is 18.9. The maximum Gasteiger partial charge on any atom is 0.309 e. The van der Waals surface area contributed by atoms with Crippen molar-refractivity contribution in [1.82, 2.24) is 4.90 Å². The summed E-state index contributed by atoms with van der Waals surface area (Å²) < 4.78 is 51.8. The van der Waals surface area contributed by atoms with Gasteiger partial charge in [-0.3, -0.25) is 9.59 Å². The van der Waals surface area contributed by atoms with Gasteiger partial charge in [-0.25, -0.2) is 22.0 Å². The van der Waals surface area contributed by atoms with E-state index in [1.165, 1.54) is 36.4 Å². The second kappa shape index (κ2) is 9.53. The molecule has 2 aromatic carbocycles. The number of amides is 1. The van der Waals surface area contributed by atoms with Gasteiger partial charge in [-0.1, -0.05) is 11.6 Å². The maximum atomic E-state index is 12.8. The molecule has 4 rings (SSSR count). The topological polar surface area (TPSA) is 141 Å². The molecule has 35 heavy (non-hydrogen) atoms. The molecule has 2 aliphatic rings. The van der Waals surface area contributed by atoms with Crippen LogP contribution < -0.4 is 5.14 Å². The number of sulfone groups is 1. The summed E-state index contributed by atoms with van der Waals surface area (Å²) in [5, 5.41) is 5.35. The lowest BCUT2D eigenvalue weighted by molar-refractivity contribution is -0.149. The fraction of sp³-hybridized carbons (Fsp3) is 0.391. The Bertz CT molecular complexity index is 1360. The monoisotopic (exact) mass is 540 g/mol. The van der Waals surface area contributed by atoms with Crippen LogP contribution in [-0.4, -0.2) is 53.0 Å². The number of rotatable bonds is 6. The van der Waals surface area contributed by atoms with Crippen molar-refractivity contribution in [2.24, 2.45) is 22.9 Å². The van der Waals surface area contributed by atoms with Crippen molar-refractivity contribution >= 4 is 43.3 Å². The minimum absolute atomic E-state index is 0.0565. The summed E-state index contributed by atoms with van der Waals surface area (Å²) in [5.41, 5.74) is 0.873. The number of ether oxygens (including phenoxy) is 1. The Morgan fingerprint density at radius 1 is 1.00 bits per heavy atom. The number of hydrogen-bond acceptors (Lipinski definition) is 7. The molecule has 0 bridgehead atoms. The quantitative estimate of drug-likeness (QED) is 0.554. The standard InChI is InChI=1S/C23H25ClN2O7S2/c1-34(29,30)21-7-14(6-19(24)10-21)13-33-23(28)16-8-17-11-26(12-18(17)9-16)22(27)15-2-4-20(5-3-15)35(25,31)32/h2-7,10,16-18H,8-9,11-13H2,1H3,(H2,25,31,32)/t17-,18-/m1/s1. The van der Waals surface area contributed by atoms with Crippen molar-refractivity contribution < 1.29 is 31.2 Å². The number of nitrogens with zero attached hydrogens (tertiary/aromatic N) is 1. The summed E-state index contributed by atoms with van der Waals surface area (Å²) in [6.07, 6.45) is 2.28. The summed E-state index contributed by atoms with van der Waals surface area (Å²) in [6.45, 7) is 0.944. The van der Waals surface area contributed by atoms with Crippen molar-refractivity contribution in [3.05, 3.63) is 58.6 Å². The summed E-state index contributed by atoms with van der Waals surface area (Å²) in [7, 11) is -7.27. The summed E-state index contributed by atoms with van der Waals surface area (Å²) in [6, 6.07) is 9.86. The third kappa shape index (κ3) is 5.85. The van der Waals surface area contributed by atoms with Crippen molar-refractivity contribution in [3.63, 3.8) is 0 Å². The molecule has 2 atom stereocenters. The van der Waals surface area contributed by atoms with Gasteiger partial charge in [0.1, 0.15) is 6.61 Å². The van der Waals surface area contributed by atoms with Crippen LogP contribution in [0.4, 0.5) is 0 Å². The first kappa shape index (κ1) is 25.6. The SMILES string of the molecule is CS(=O)(=O)c1cc(Cl)cc(COC(=O)C2C[C@@H]3CN(C(=O)c4ccc(S(N)(=O)=O)cc4)C[C@H]3C2)c1. The fourth-order valence-electron chi connectivity index (χ4n) is 4.82. The number of primary sulfonamides is 1. The van der Waals surface area contributed by atoms with Crippen LogP contribution >= 0.6 is 11.6 Å². The van der Waals surface area contributed by atoms with E-state index in [1.54, 1.807) is 11.0 Å². The molecule has 1 aliphatic carbocycles. The Kier molecular flexibility index (Phi) is 6.98. The van der Waals surface area contributed by atoms with E-state index < -0.39 is 19.9 Å². The van der Waals surface area contributed by atoms with Gasteiger partial charge < -0.3 is 9.64 Å². The van der Waals surface area contributed by atoms with Gasteiger partial charge in [0.25, 0.3) is 5.91 Å². The van der Waals surface area contributed by atoms with E-state index in [0.717, 1.165) is 6.26 Å². The molecule has 9 nitrogen and oxygen atoms in total. The third-order valence-corrected chi connectivity index (χ3v) is 8.78. The highest BCUT2D eigenvalue weighted by Gasteiger charge is 2.45. The largest absolute Gasteiger partial charge is 0.461 e. The average Bonchev–Trinajstić information content (AvgIpc) is 3.35. The van der Waals surface area contributed by atoms with Gasteiger partial charge in [-0.2, -0.15) is 0 Å². The number of hydrogen-bond donors (Lipinski definition) is 1. The molecule has 1 saturated carbocycles. The molecule has 2 N–H and O–H groups in total. The Balaban J connectivity index is 1.32. The molecule has 1 saturated heterocycles. The van der Waals surface area contributed by atoms with Gasteiger partial charge in [0, 0.05) is 29.9 Å². The minimum Gasteiger partial charge on any atom is -0.461 e. The first-order valence-corrected chi connectivity index (χ1v) is 14.7. The number of esters is 1. The normalized spacial score (nSPS) is 20.6. The lowest BCUT2D eigenvalue weighted by atomic mass is 10.0. The second-order valence-electron chi connectivity index (χ2n) is 9.14. The first-order valence-electron chi connectivity index (χ1n) is 10.9. The van der Waals surface area contributed by atoms with Crippen LogP contribution in [0, 0.1) is 17.8 Å². The van der Waals surface area contributed by atoms with Gasteiger partial charge in [-0.05, 0) is 72.7 Å². The van der Waals surface area contributed by atoms with Gasteiger partial charge >= 0.3 is 5.97 Å². The van der Waals surface area contributed by atoms with Gasteiger partial charge in [0.15, 0.2) is 9.84 Å². The Hall–Kier alpha value is -2.47. The highest BCUT2D eigenvalue weighted by atomic mass is 35.5. The van der Waals surface area contributed by atoms with Crippen LogP contribution in [-0.2, 0) is 36.0 Å². The molecule has 2 aromatic rings. The molecule has 0 unspecified atom stereocenters. The van der Waals surface area contributed by atoms with Crippen molar-refractivity contribution in [1.29, 1.82) is 0 Å². The number of likely N-dealkylation sites (tertiary alicyclic amines) is 1. The zero-order chi connectivity index (χ0) is 25.5. The fourth-order valence-corrected chi connectivity index (χ4v) is 6.36. The van der Waals surface area contributed by atoms with Crippen LogP contribution in [0.25, 0.3) is 0 Å². The minimum atomic E-state index is -3.83. The van der Waals surface area contributed by atoms with Crippen molar-refractivity contribution in [3.8, 4) is 0 Å². The number of sulfonamides is 1. The van der Waals surface area contributed by atoms with Crippen LogP contribution in [0.15, 0.2) is 52.3 Å². The number of nitrogens with two attached hydrogens (primary N) is 1. The predicted molar refractivity (Wildman–Crippen MR) is 128 cm³/mol. The predicted octanol–water partition coefficient (Wildman–Crippen LogP) is 2.23. The molecule has 1 amide bonds. The lowest BCUT2D eigenvalue weighted by Gasteiger charge is -2.19. The van der Waals surface area contributed by atoms with Crippen LogP contribution in [0.5, 0.6) is 0 Å². The van der Waals surface area contributed by atoms with Crippen LogP contribution in [0.2, 0.25) is 5.02 Å². The van der Waals surface area contributed by atoms with Crippen LogP contribution in [0.1, 0.15) is 28.8 Å². The molecular weight excluding hydrogens is 516 g/mol. The first-order chi connectivity index (χ1) is 16.3. The van der Waals surface area contributed by atoms with Gasteiger partial charge in [0.2, 0.25) is 10.0 Å². The molecular formula is C23H25ClN2O7S2. The van der Waals surface area contributed by atoms with E-state index in [4.69, 9.17) is 21.5 Å². The highest BCUT2D eigenvalue weighted by Crippen LogP contribution is 2.42. The molecule has 1 heterocycles. The van der Waals surface area contributed by atoms with E-state index in [9.17, 15) is 26.4 Å². The van der Waals surface area contributed by atoms with E-state index in [1.807, 2.05) is 0 Å². The van der Waals surface area contributed by atoms with E-state index in [-0.39, 0.29) is 51.1 Å². The summed E-state index contributed by atoms with van der Waals surface area (Å²) in [5.74, 6) is -0.491. The Morgan fingerprint density at radius 2 is 1.60 bits per heavy atom. The molecule has 1 aliphatic heterocycles. The smallest absolute Gasteiger partial charge is 0.309 e. The number of carbonyl (C=O) groups excluding carboxylic acids is 2. The molecule has 0 radical (unpaired) electrons. The maximum absolute atomic E-state index is 12.8. The number of halogens is 1. The summed E-state index contributed by atoms with van der Waals surface area (Å²) in [4.78, 5) is 27.2. The van der Waals surface area contributed by atoms with E-state index >= 15 is 0 Å². The Morgan fingerprint density at radius 3 is 2.14 bits per heavy atom. The number of benzene rings is 2. The molecule has 12 heteroatoms. The zero-order valence-corrected chi connectivity index (χ0v) is 21.3.